The van der Waals surface area contributed by atoms with Gasteiger partial charge in [-0.25, -0.2) is 0 Å². The van der Waals surface area contributed by atoms with Crippen LogP contribution in [-0.2, 0) is 4.79 Å². The summed E-state index contributed by atoms with van der Waals surface area (Å²) in [5, 5.41) is 14.8. The fourth-order valence-electron chi connectivity index (χ4n) is 1.77. The number of hydrogen-bond acceptors (Lipinski definition) is 3. The summed E-state index contributed by atoms with van der Waals surface area (Å²) in [7, 11) is 0. The van der Waals surface area contributed by atoms with Gasteiger partial charge in [-0.3, -0.25) is 4.79 Å². The number of benzene rings is 2. The van der Waals surface area contributed by atoms with Gasteiger partial charge in [0.1, 0.15) is 6.04 Å². The minimum absolute atomic E-state index is 0.127. The largest absolute Gasteiger partial charge is 0.373 e. The van der Waals surface area contributed by atoms with Gasteiger partial charge in [-0.15, -0.1) is 0 Å². The molecule has 4 nitrogen and oxygen atoms in total. The van der Waals surface area contributed by atoms with E-state index in [1.165, 1.54) is 0 Å². The van der Waals surface area contributed by atoms with Crippen molar-refractivity contribution >= 4 is 33.2 Å². The van der Waals surface area contributed by atoms with E-state index in [0.29, 0.717) is 5.56 Å². The van der Waals surface area contributed by atoms with Crippen LogP contribution in [0.2, 0.25) is 0 Å². The van der Waals surface area contributed by atoms with E-state index < -0.39 is 6.04 Å². The highest BCUT2D eigenvalue weighted by atomic mass is 79.9. The summed E-state index contributed by atoms with van der Waals surface area (Å²) in [6.07, 6.45) is 0. The van der Waals surface area contributed by atoms with Crippen molar-refractivity contribution in [1.29, 1.82) is 5.26 Å². The molecule has 0 aromatic heterocycles. The fourth-order valence-corrected chi connectivity index (χ4v) is 2.27. The third-order valence-electron chi connectivity index (χ3n) is 2.90. The highest BCUT2D eigenvalue weighted by molar-refractivity contribution is 9.10. The Kier molecular flexibility index (Phi) is 4.96. The van der Waals surface area contributed by atoms with Gasteiger partial charge in [0, 0.05) is 15.8 Å². The molecule has 0 saturated heterocycles. The summed E-state index contributed by atoms with van der Waals surface area (Å²) in [5.41, 5.74) is 2.09. The molecular weight excluding hydrogens is 330 g/mol. The van der Waals surface area contributed by atoms with Crippen LogP contribution in [-0.4, -0.2) is 11.9 Å². The lowest BCUT2D eigenvalue weighted by Crippen LogP contribution is -2.31. The molecule has 2 N–H and O–H groups in total. The molecule has 0 aliphatic rings. The first-order valence-corrected chi connectivity index (χ1v) is 7.21. The van der Waals surface area contributed by atoms with E-state index >= 15 is 0 Å². The third kappa shape index (κ3) is 4.07. The Labute approximate surface area is 131 Å². The summed E-state index contributed by atoms with van der Waals surface area (Å²) >= 11 is 3.39. The first-order valence-electron chi connectivity index (χ1n) is 6.42. The number of nitriles is 1. The molecule has 0 aliphatic heterocycles. The summed E-state index contributed by atoms with van der Waals surface area (Å²) in [5.74, 6) is -0.127. The van der Waals surface area contributed by atoms with E-state index in [4.69, 9.17) is 5.26 Å². The number of anilines is 2. The number of halogens is 1. The molecule has 1 amide bonds. The molecule has 2 aromatic rings. The molecule has 0 bridgehead atoms. The Morgan fingerprint density at radius 1 is 1.24 bits per heavy atom. The van der Waals surface area contributed by atoms with Crippen molar-refractivity contribution in [2.75, 3.05) is 10.6 Å². The Bertz CT molecular complexity index is 680. The van der Waals surface area contributed by atoms with E-state index in [1.54, 1.807) is 25.1 Å². The van der Waals surface area contributed by atoms with Crippen molar-refractivity contribution in [1.82, 2.24) is 0 Å². The average Bonchev–Trinajstić information content (AvgIpc) is 2.50. The zero-order valence-corrected chi connectivity index (χ0v) is 13.0. The number of carbonyl (C=O) groups excluding carboxylic acids is 1. The van der Waals surface area contributed by atoms with Crippen LogP contribution in [0.4, 0.5) is 11.4 Å². The average molecular weight is 344 g/mol. The van der Waals surface area contributed by atoms with Crippen LogP contribution < -0.4 is 10.6 Å². The molecule has 0 aliphatic carbocycles. The molecule has 5 heteroatoms. The molecule has 1 unspecified atom stereocenters. The van der Waals surface area contributed by atoms with E-state index in [9.17, 15) is 4.79 Å². The number of amides is 1. The van der Waals surface area contributed by atoms with E-state index in [0.717, 1.165) is 15.8 Å². The quantitative estimate of drug-likeness (QED) is 0.888. The van der Waals surface area contributed by atoms with Gasteiger partial charge in [-0.1, -0.05) is 18.2 Å². The fraction of sp³-hybridized carbons (Fsp3) is 0.125. The van der Waals surface area contributed by atoms with Crippen LogP contribution in [0.3, 0.4) is 0 Å². The molecule has 0 heterocycles. The molecule has 21 heavy (non-hydrogen) atoms. The van der Waals surface area contributed by atoms with Crippen molar-refractivity contribution in [2.24, 2.45) is 0 Å². The number of hydrogen-bond donors (Lipinski definition) is 2. The van der Waals surface area contributed by atoms with Gasteiger partial charge >= 0.3 is 0 Å². The number of carbonyl (C=O) groups is 1. The van der Waals surface area contributed by atoms with Gasteiger partial charge in [0.15, 0.2) is 0 Å². The van der Waals surface area contributed by atoms with Crippen molar-refractivity contribution in [3.05, 3.63) is 58.6 Å². The lowest BCUT2D eigenvalue weighted by atomic mass is 10.2. The topological polar surface area (TPSA) is 64.9 Å². The van der Waals surface area contributed by atoms with Crippen LogP contribution in [0.25, 0.3) is 0 Å². The first-order chi connectivity index (χ1) is 10.1. The maximum atomic E-state index is 12.1. The Morgan fingerprint density at radius 2 is 1.95 bits per heavy atom. The molecule has 2 aromatic carbocycles. The first kappa shape index (κ1) is 15.1. The lowest BCUT2D eigenvalue weighted by molar-refractivity contribution is -0.116. The highest BCUT2D eigenvalue weighted by Crippen LogP contribution is 2.24. The van der Waals surface area contributed by atoms with Gasteiger partial charge in [0.2, 0.25) is 5.91 Å². The number of nitrogens with one attached hydrogen (secondary N) is 2. The van der Waals surface area contributed by atoms with E-state index in [2.05, 4.69) is 32.6 Å². The Balaban J connectivity index is 2.02. The summed E-state index contributed by atoms with van der Waals surface area (Å²) in [4.78, 5) is 12.1. The second kappa shape index (κ2) is 6.91. The number of para-hydroxylation sites is 1. The zero-order valence-electron chi connectivity index (χ0n) is 11.4. The Hall–Kier alpha value is -2.32. The maximum Gasteiger partial charge on any atom is 0.246 e. The number of rotatable bonds is 4. The van der Waals surface area contributed by atoms with Crippen molar-refractivity contribution in [2.45, 2.75) is 13.0 Å². The third-order valence-corrected chi connectivity index (χ3v) is 3.56. The minimum Gasteiger partial charge on any atom is -0.373 e. The smallest absolute Gasteiger partial charge is 0.246 e. The molecule has 2 rings (SSSR count). The van der Waals surface area contributed by atoms with E-state index in [-0.39, 0.29) is 5.91 Å². The second-order valence-electron chi connectivity index (χ2n) is 4.53. The lowest BCUT2D eigenvalue weighted by Gasteiger charge is -2.16. The van der Waals surface area contributed by atoms with Gasteiger partial charge in [-0.2, -0.15) is 5.26 Å². The van der Waals surface area contributed by atoms with Crippen LogP contribution >= 0.6 is 15.9 Å². The summed E-state index contributed by atoms with van der Waals surface area (Å²) < 4.78 is 0.751. The molecule has 0 fully saturated rings. The van der Waals surface area contributed by atoms with Crippen LogP contribution in [0.15, 0.2) is 53.0 Å². The van der Waals surface area contributed by atoms with Crippen molar-refractivity contribution < 1.29 is 4.79 Å². The maximum absolute atomic E-state index is 12.1. The second-order valence-corrected chi connectivity index (χ2v) is 5.38. The normalized spacial score (nSPS) is 11.3. The molecule has 106 valence electrons. The molecule has 0 spiro atoms. The molecule has 0 saturated carbocycles. The molecular formula is C16H14BrN3O. The summed E-state index contributed by atoms with van der Waals surface area (Å²) in [6, 6.07) is 16.1. The van der Waals surface area contributed by atoms with Gasteiger partial charge in [0.05, 0.1) is 11.6 Å². The van der Waals surface area contributed by atoms with Gasteiger partial charge < -0.3 is 10.6 Å². The Morgan fingerprint density at radius 3 is 2.57 bits per heavy atom. The minimum atomic E-state index is -0.408. The van der Waals surface area contributed by atoms with Crippen LogP contribution in [0.1, 0.15) is 12.5 Å². The van der Waals surface area contributed by atoms with E-state index in [1.807, 2.05) is 30.3 Å². The predicted molar refractivity (Wildman–Crippen MR) is 87.0 cm³/mol. The highest BCUT2D eigenvalue weighted by Gasteiger charge is 2.14. The standard InChI is InChI=1S/C16H14BrN3O/c1-11(16(21)20-13-5-3-2-4-6-13)19-15-8-7-12(10-18)9-14(15)17/h2-9,11,19H,1H3,(H,20,21). The van der Waals surface area contributed by atoms with Crippen molar-refractivity contribution in [3.63, 3.8) is 0 Å². The predicted octanol–water partition coefficient (Wildman–Crippen LogP) is 3.76. The van der Waals surface area contributed by atoms with Gasteiger partial charge in [0.25, 0.3) is 0 Å². The van der Waals surface area contributed by atoms with Crippen LogP contribution in [0, 0.1) is 11.3 Å². The van der Waals surface area contributed by atoms with Crippen LogP contribution in [0.5, 0.6) is 0 Å². The summed E-state index contributed by atoms with van der Waals surface area (Å²) in [6.45, 7) is 1.78. The zero-order chi connectivity index (χ0) is 15.2. The SMILES string of the molecule is CC(Nc1ccc(C#N)cc1Br)C(=O)Nc1ccccc1. The van der Waals surface area contributed by atoms with Gasteiger partial charge in [-0.05, 0) is 53.2 Å². The van der Waals surface area contributed by atoms with Crippen molar-refractivity contribution in [3.8, 4) is 6.07 Å². The molecule has 1 atom stereocenters. The molecule has 0 radical (unpaired) electrons. The number of nitrogens with zero attached hydrogens (tertiary/aromatic N) is 1. The monoisotopic (exact) mass is 343 g/mol.